The molecule has 0 radical (unpaired) electrons. The standard InChI is InChI=1S/C13H23N3/c1-14-10-11-6-4-3-5-7-12(11)13-15-8-9-16(13)2/h8-9,11-12,14H,3-7,10H2,1-2H3. The lowest BCUT2D eigenvalue weighted by atomic mass is 9.87. The minimum absolute atomic E-state index is 0.648. The number of aromatic nitrogens is 2. The number of nitrogens with zero attached hydrogens (tertiary/aromatic N) is 2. The van der Waals surface area contributed by atoms with Gasteiger partial charge >= 0.3 is 0 Å². The van der Waals surface area contributed by atoms with E-state index in [1.54, 1.807) is 0 Å². The highest BCUT2D eigenvalue weighted by Crippen LogP contribution is 2.35. The third-order valence-corrected chi connectivity index (χ3v) is 3.82. The maximum absolute atomic E-state index is 4.55. The molecule has 16 heavy (non-hydrogen) atoms. The average molecular weight is 221 g/mol. The number of hydrogen-bond acceptors (Lipinski definition) is 2. The highest BCUT2D eigenvalue weighted by Gasteiger charge is 2.27. The molecule has 2 rings (SSSR count). The van der Waals surface area contributed by atoms with Crippen molar-refractivity contribution in [1.82, 2.24) is 14.9 Å². The van der Waals surface area contributed by atoms with E-state index in [2.05, 4.69) is 35.2 Å². The lowest BCUT2D eigenvalue weighted by molar-refractivity contribution is 0.368. The van der Waals surface area contributed by atoms with Gasteiger partial charge in [0.05, 0.1) is 0 Å². The molecule has 0 bridgehead atoms. The summed E-state index contributed by atoms with van der Waals surface area (Å²) < 4.78 is 2.19. The first-order valence-electron chi connectivity index (χ1n) is 6.44. The molecular weight excluding hydrogens is 198 g/mol. The van der Waals surface area contributed by atoms with Gasteiger partial charge in [-0.1, -0.05) is 19.3 Å². The highest BCUT2D eigenvalue weighted by atomic mass is 15.0. The summed E-state index contributed by atoms with van der Waals surface area (Å²) in [6.07, 6.45) is 10.8. The van der Waals surface area contributed by atoms with Crippen molar-refractivity contribution < 1.29 is 0 Å². The van der Waals surface area contributed by atoms with Gasteiger partial charge in [-0.25, -0.2) is 4.98 Å². The first-order valence-corrected chi connectivity index (χ1v) is 6.44. The molecule has 0 spiro atoms. The molecule has 3 nitrogen and oxygen atoms in total. The van der Waals surface area contributed by atoms with Crippen molar-refractivity contribution in [1.29, 1.82) is 0 Å². The predicted octanol–water partition coefficient (Wildman–Crippen LogP) is 2.30. The van der Waals surface area contributed by atoms with E-state index in [4.69, 9.17) is 0 Å². The summed E-state index contributed by atoms with van der Waals surface area (Å²) in [4.78, 5) is 4.55. The van der Waals surface area contributed by atoms with Crippen molar-refractivity contribution >= 4 is 0 Å². The van der Waals surface area contributed by atoms with Crippen LogP contribution >= 0.6 is 0 Å². The predicted molar refractivity (Wildman–Crippen MR) is 66.5 cm³/mol. The molecule has 1 aliphatic carbocycles. The fourth-order valence-electron chi connectivity index (χ4n) is 2.97. The number of nitrogens with one attached hydrogen (secondary N) is 1. The van der Waals surface area contributed by atoms with Gasteiger partial charge in [0, 0.05) is 25.4 Å². The maximum Gasteiger partial charge on any atom is 0.111 e. The van der Waals surface area contributed by atoms with E-state index in [0.717, 1.165) is 12.5 Å². The Morgan fingerprint density at radius 2 is 2.19 bits per heavy atom. The highest BCUT2D eigenvalue weighted by molar-refractivity contribution is 5.03. The third kappa shape index (κ3) is 2.46. The van der Waals surface area contributed by atoms with Crippen molar-refractivity contribution in [3.63, 3.8) is 0 Å². The molecule has 0 saturated heterocycles. The van der Waals surface area contributed by atoms with Gasteiger partial charge in [0.1, 0.15) is 5.82 Å². The van der Waals surface area contributed by atoms with Crippen LogP contribution in [0.3, 0.4) is 0 Å². The second-order valence-corrected chi connectivity index (χ2v) is 4.96. The molecule has 1 aromatic heterocycles. The lowest BCUT2D eigenvalue weighted by Gasteiger charge is -2.24. The smallest absolute Gasteiger partial charge is 0.111 e. The van der Waals surface area contributed by atoms with E-state index in [9.17, 15) is 0 Å². The summed E-state index contributed by atoms with van der Waals surface area (Å²) in [5, 5.41) is 3.34. The van der Waals surface area contributed by atoms with Crippen molar-refractivity contribution in [3.8, 4) is 0 Å². The summed E-state index contributed by atoms with van der Waals surface area (Å²) in [5.41, 5.74) is 0. The lowest BCUT2D eigenvalue weighted by Crippen LogP contribution is -2.25. The molecule has 0 amide bonds. The van der Waals surface area contributed by atoms with Crippen molar-refractivity contribution in [2.75, 3.05) is 13.6 Å². The zero-order valence-corrected chi connectivity index (χ0v) is 10.4. The Hall–Kier alpha value is -0.830. The van der Waals surface area contributed by atoms with Gasteiger partial charge in [-0.2, -0.15) is 0 Å². The maximum atomic E-state index is 4.55. The molecule has 2 atom stereocenters. The molecule has 3 heteroatoms. The largest absolute Gasteiger partial charge is 0.338 e. The van der Waals surface area contributed by atoms with Gasteiger partial charge in [-0.3, -0.25) is 0 Å². The first-order chi connectivity index (χ1) is 7.83. The zero-order valence-electron chi connectivity index (χ0n) is 10.4. The number of hydrogen-bond donors (Lipinski definition) is 1. The molecule has 1 N–H and O–H groups in total. The number of aryl methyl sites for hydroxylation is 1. The van der Waals surface area contributed by atoms with Crippen molar-refractivity contribution in [3.05, 3.63) is 18.2 Å². The third-order valence-electron chi connectivity index (χ3n) is 3.82. The van der Waals surface area contributed by atoms with Crippen LogP contribution in [0.4, 0.5) is 0 Å². The van der Waals surface area contributed by atoms with Gasteiger partial charge < -0.3 is 9.88 Å². The molecular formula is C13H23N3. The van der Waals surface area contributed by atoms with E-state index in [1.807, 2.05) is 6.20 Å². The van der Waals surface area contributed by atoms with Crippen LogP contribution in [0.15, 0.2) is 12.4 Å². The van der Waals surface area contributed by atoms with Crippen molar-refractivity contribution in [2.45, 2.75) is 38.0 Å². The van der Waals surface area contributed by atoms with E-state index in [0.29, 0.717) is 5.92 Å². The summed E-state index contributed by atoms with van der Waals surface area (Å²) in [7, 11) is 4.17. The monoisotopic (exact) mass is 221 g/mol. The Labute approximate surface area is 98.3 Å². The molecule has 90 valence electrons. The summed E-state index contributed by atoms with van der Waals surface area (Å²) in [6, 6.07) is 0. The molecule has 2 unspecified atom stereocenters. The van der Waals surface area contributed by atoms with Gasteiger partial charge in [0.15, 0.2) is 0 Å². The van der Waals surface area contributed by atoms with E-state index >= 15 is 0 Å². The summed E-state index contributed by atoms with van der Waals surface area (Å²) in [5.74, 6) is 2.69. The van der Waals surface area contributed by atoms with Crippen LogP contribution in [-0.4, -0.2) is 23.1 Å². The van der Waals surface area contributed by atoms with Crippen LogP contribution in [-0.2, 0) is 7.05 Å². The first kappa shape index (κ1) is 11.6. The van der Waals surface area contributed by atoms with Crippen LogP contribution in [0.1, 0.15) is 43.8 Å². The van der Waals surface area contributed by atoms with E-state index in [-0.39, 0.29) is 0 Å². The molecule has 1 aromatic rings. The Morgan fingerprint density at radius 1 is 1.38 bits per heavy atom. The molecule has 1 saturated carbocycles. The minimum Gasteiger partial charge on any atom is -0.338 e. The van der Waals surface area contributed by atoms with Gasteiger partial charge in [-0.05, 0) is 32.4 Å². The van der Waals surface area contributed by atoms with Crippen LogP contribution < -0.4 is 5.32 Å². The molecule has 1 aliphatic rings. The van der Waals surface area contributed by atoms with Gasteiger partial charge in [-0.15, -0.1) is 0 Å². The second-order valence-electron chi connectivity index (χ2n) is 4.96. The van der Waals surface area contributed by atoms with Gasteiger partial charge in [0.2, 0.25) is 0 Å². The fourth-order valence-corrected chi connectivity index (χ4v) is 2.97. The molecule has 0 aliphatic heterocycles. The van der Waals surface area contributed by atoms with Crippen LogP contribution in [0.2, 0.25) is 0 Å². The normalized spacial score (nSPS) is 26.6. The second kappa shape index (κ2) is 5.48. The quantitative estimate of drug-likeness (QED) is 0.794. The van der Waals surface area contributed by atoms with E-state index < -0.39 is 0 Å². The molecule has 0 aromatic carbocycles. The Balaban J connectivity index is 2.17. The number of rotatable bonds is 3. The van der Waals surface area contributed by atoms with Crippen LogP contribution in [0, 0.1) is 5.92 Å². The minimum atomic E-state index is 0.648. The Bertz CT molecular complexity index is 319. The topological polar surface area (TPSA) is 29.9 Å². The van der Waals surface area contributed by atoms with Crippen molar-refractivity contribution in [2.24, 2.45) is 13.0 Å². The van der Waals surface area contributed by atoms with Gasteiger partial charge in [0.25, 0.3) is 0 Å². The fraction of sp³-hybridized carbons (Fsp3) is 0.769. The van der Waals surface area contributed by atoms with Crippen LogP contribution in [0.5, 0.6) is 0 Å². The molecule has 1 heterocycles. The Morgan fingerprint density at radius 3 is 2.88 bits per heavy atom. The summed E-state index contributed by atoms with van der Waals surface area (Å²) in [6.45, 7) is 1.12. The van der Waals surface area contributed by atoms with Crippen LogP contribution in [0.25, 0.3) is 0 Å². The average Bonchev–Trinajstić information content (AvgIpc) is 2.56. The number of imidazole rings is 1. The molecule has 1 fully saturated rings. The SMILES string of the molecule is CNCC1CCCCCC1c1nccn1C. The summed E-state index contributed by atoms with van der Waals surface area (Å²) >= 11 is 0. The van der Waals surface area contributed by atoms with E-state index in [1.165, 1.54) is 37.9 Å². The Kier molecular flexibility index (Phi) is 3.99. The zero-order chi connectivity index (χ0) is 11.4.